The van der Waals surface area contributed by atoms with E-state index >= 15 is 0 Å². The van der Waals surface area contributed by atoms with Gasteiger partial charge < -0.3 is 5.73 Å². The molecule has 6 nitrogen and oxygen atoms in total. The third-order valence-electron chi connectivity index (χ3n) is 3.57. The maximum Gasteiger partial charge on any atom is 0.267 e. The summed E-state index contributed by atoms with van der Waals surface area (Å²) in [5.74, 6) is -0.750. The summed E-state index contributed by atoms with van der Waals surface area (Å²) in [4.78, 5) is 7.90. The molecule has 0 saturated carbocycles. The second-order valence-corrected chi connectivity index (χ2v) is 6.23. The van der Waals surface area contributed by atoms with Crippen LogP contribution in [0.5, 0.6) is 0 Å². The number of aromatic nitrogens is 3. The fraction of sp³-hybridized carbons (Fsp3) is 0. The standard InChI is InChI=1S/C16H12ClFN4O2S/c1-9(10-3-2-4-20-7-10)5-11-13(6-19)22(25(23)24)16-14(11)15(17)12(18)8-21-16/h2-8H,1,19H2,(H,23,24)/b11-5+,13-6+. The highest BCUT2D eigenvalue weighted by Crippen LogP contribution is 2.22. The summed E-state index contributed by atoms with van der Waals surface area (Å²) < 4.78 is 36.2. The van der Waals surface area contributed by atoms with E-state index in [9.17, 15) is 13.2 Å². The normalized spacial score (nSPS) is 14.2. The molecule has 0 aliphatic heterocycles. The van der Waals surface area contributed by atoms with Crippen molar-refractivity contribution < 1.29 is 13.2 Å². The average molecular weight is 379 g/mol. The molecule has 3 rings (SSSR count). The minimum Gasteiger partial charge on any atom is -0.403 e. The highest BCUT2D eigenvalue weighted by molar-refractivity contribution is 7.77. The highest BCUT2D eigenvalue weighted by atomic mass is 35.5. The number of hydrogen-bond acceptors (Lipinski definition) is 4. The Hall–Kier alpha value is -2.55. The van der Waals surface area contributed by atoms with Crippen molar-refractivity contribution in [3.8, 4) is 0 Å². The topological polar surface area (TPSA) is 94.0 Å². The highest BCUT2D eigenvalue weighted by Gasteiger charge is 2.18. The number of pyridine rings is 2. The van der Waals surface area contributed by atoms with Crippen LogP contribution in [0.3, 0.4) is 0 Å². The van der Waals surface area contributed by atoms with Crippen LogP contribution in [0.25, 0.3) is 28.9 Å². The first-order chi connectivity index (χ1) is 12.0. The number of rotatable bonds is 3. The van der Waals surface area contributed by atoms with Crippen molar-refractivity contribution >= 4 is 51.7 Å². The lowest BCUT2D eigenvalue weighted by Gasteiger charge is -1.99. The quantitative estimate of drug-likeness (QED) is 0.672. The molecular weight excluding hydrogens is 367 g/mol. The number of halogens is 2. The molecule has 3 N–H and O–H groups in total. The molecule has 0 spiro atoms. The van der Waals surface area contributed by atoms with E-state index in [0.717, 1.165) is 21.9 Å². The van der Waals surface area contributed by atoms with Crippen LogP contribution in [0, 0.1) is 5.82 Å². The molecule has 1 atom stereocenters. The summed E-state index contributed by atoms with van der Waals surface area (Å²) in [5.41, 5.74) is 6.93. The zero-order valence-corrected chi connectivity index (χ0v) is 14.3. The van der Waals surface area contributed by atoms with Crippen molar-refractivity contribution in [3.63, 3.8) is 0 Å². The molecule has 1 unspecified atom stereocenters. The zero-order valence-electron chi connectivity index (χ0n) is 12.7. The van der Waals surface area contributed by atoms with E-state index in [-0.39, 0.29) is 21.4 Å². The summed E-state index contributed by atoms with van der Waals surface area (Å²) in [6, 6.07) is 3.53. The second-order valence-electron chi connectivity index (χ2n) is 5.02. The minimum atomic E-state index is -2.47. The van der Waals surface area contributed by atoms with E-state index in [1.807, 2.05) is 0 Å². The van der Waals surface area contributed by atoms with E-state index in [2.05, 4.69) is 16.5 Å². The lowest BCUT2D eigenvalue weighted by molar-refractivity contribution is 0.554. The van der Waals surface area contributed by atoms with Crippen LogP contribution in [-0.4, -0.2) is 22.7 Å². The Kier molecular flexibility index (Phi) is 4.67. The van der Waals surface area contributed by atoms with Gasteiger partial charge in [-0.25, -0.2) is 17.6 Å². The average Bonchev–Trinajstić information content (AvgIpc) is 2.93. The Morgan fingerprint density at radius 2 is 2.24 bits per heavy atom. The van der Waals surface area contributed by atoms with Crippen molar-refractivity contribution in [2.24, 2.45) is 5.73 Å². The monoisotopic (exact) mass is 378 g/mol. The zero-order chi connectivity index (χ0) is 18.1. The third kappa shape index (κ3) is 2.95. The molecule has 0 aliphatic carbocycles. The largest absolute Gasteiger partial charge is 0.403 e. The van der Waals surface area contributed by atoms with Gasteiger partial charge in [0.2, 0.25) is 0 Å². The first kappa shape index (κ1) is 17.3. The lowest BCUT2D eigenvalue weighted by atomic mass is 10.1. The molecule has 0 amide bonds. The molecule has 3 heterocycles. The molecular formula is C16H12ClFN4O2S. The fourth-order valence-corrected chi connectivity index (χ4v) is 3.32. The second kappa shape index (κ2) is 6.75. The van der Waals surface area contributed by atoms with Crippen LogP contribution < -0.4 is 16.3 Å². The van der Waals surface area contributed by atoms with Crippen LogP contribution in [0.15, 0.2) is 37.3 Å². The summed E-state index contributed by atoms with van der Waals surface area (Å²) in [6.45, 7) is 3.95. The van der Waals surface area contributed by atoms with Crippen molar-refractivity contribution in [1.29, 1.82) is 0 Å². The number of hydrogen-bond donors (Lipinski definition) is 2. The van der Waals surface area contributed by atoms with Crippen LogP contribution in [-0.2, 0) is 11.3 Å². The summed E-state index contributed by atoms with van der Waals surface area (Å²) in [5, 5.41) is 0.458. The van der Waals surface area contributed by atoms with Gasteiger partial charge in [-0.05, 0) is 23.3 Å². The van der Waals surface area contributed by atoms with E-state index in [0.29, 0.717) is 10.8 Å². The predicted molar refractivity (Wildman–Crippen MR) is 96.5 cm³/mol. The SMILES string of the molecule is C=C(/C=c1\c(=C/N)n(S(=O)O)c2ncc(F)c(Cl)c12)c1cccnc1. The number of nitrogens with two attached hydrogens (primary N) is 1. The van der Waals surface area contributed by atoms with Crippen LogP contribution >= 0.6 is 11.6 Å². The van der Waals surface area contributed by atoms with Gasteiger partial charge in [0, 0.05) is 29.2 Å². The predicted octanol–water partition coefficient (Wildman–Crippen LogP) is 1.40. The Morgan fingerprint density at radius 3 is 2.84 bits per heavy atom. The van der Waals surface area contributed by atoms with Crippen molar-refractivity contribution in [3.05, 3.63) is 64.3 Å². The molecule has 9 heteroatoms. The Morgan fingerprint density at radius 1 is 1.48 bits per heavy atom. The maximum atomic E-state index is 13.9. The van der Waals surface area contributed by atoms with E-state index in [1.54, 1.807) is 30.6 Å². The summed E-state index contributed by atoms with van der Waals surface area (Å²) in [6.07, 6.45) is 6.83. The van der Waals surface area contributed by atoms with Crippen LogP contribution in [0.4, 0.5) is 4.39 Å². The van der Waals surface area contributed by atoms with Gasteiger partial charge in [-0.2, -0.15) is 0 Å². The Bertz CT molecular complexity index is 1130. The molecule has 0 bridgehead atoms. The molecule has 3 aromatic rings. The number of nitrogens with zero attached hydrogens (tertiary/aromatic N) is 3. The van der Waals surface area contributed by atoms with E-state index < -0.39 is 17.1 Å². The van der Waals surface area contributed by atoms with Gasteiger partial charge in [-0.3, -0.25) is 9.54 Å². The molecule has 0 aromatic carbocycles. The molecule has 0 saturated heterocycles. The maximum absolute atomic E-state index is 13.9. The van der Waals surface area contributed by atoms with Crippen molar-refractivity contribution in [2.75, 3.05) is 0 Å². The van der Waals surface area contributed by atoms with Gasteiger partial charge in [-0.15, -0.1) is 0 Å². The molecule has 3 aromatic heterocycles. The molecule has 0 aliphatic rings. The van der Waals surface area contributed by atoms with Crippen LogP contribution in [0.2, 0.25) is 5.02 Å². The first-order valence-corrected chi connectivity index (χ1v) is 8.38. The lowest BCUT2D eigenvalue weighted by Crippen LogP contribution is -2.32. The molecule has 0 radical (unpaired) electrons. The van der Waals surface area contributed by atoms with Gasteiger partial charge in [0.1, 0.15) is 0 Å². The van der Waals surface area contributed by atoms with Gasteiger partial charge in [0.15, 0.2) is 11.5 Å². The number of allylic oxidation sites excluding steroid dienone is 1. The fourth-order valence-electron chi connectivity index (χ4n) is 2.47. The third-order valence-corrected chi connectivity index (χ3v) is 4.63. The van der Waals surface area contributed by atoms with E-state index in [4.69, 9.17) is 17.3 Å². The van der Waals surface area contributed by atoms with Gasteiger partial charge in [0.25, 0.3) is 11.3 Å². The first-order valence-electron chi connectivity index (χ1n) is 6.94. The van der Waals surface area contributed by atoms with Gasteiger partial charge in [0.05, 0.1) is 16.6 Å². The molecule has 128 valence electrons. The minimum absolute atomic E-state index is 0.0363. The number of fused-ring (bicyclic) bond motifs is 1. The Labute approximate surface area is 149 Å². The summed E-state index contributed by atoms with van der Waals surface area (Å²) >= 11 is 3.61. The Balaban J connectivity index is 2.46. The summed E-state index contributed by atoms with van der Waals surface area (Å²) in [7, 11) is 0. The van der Waals surface area contributed by atoms with Gasteiger partial charge >= 0.3 is 0 Å². The van der Waals surface area contributed by atoms with Gasteiger partial charge in [-0.1, -0.05) is 24.2 Å². The molecule has 25 heavy (non-hydrogen) atoms. The molecule has 0 fully saturated rings. The van der Waals surface area contributed by atoms with Crippen LogP contribution in [0.1, 0.15) is 5.56 Å². The van der Waals surface area contributed by atoms with Crippen molar-refractivity contribution in [2.45, 2.75) is 0 Å². The van der Waals surface area contributed by atoms with E-state index in [1.165, 1.54) is 0 Å². The van der Waals surface area contributed by atoms with Crippen molar-refractivity contribution in [1.82, 2.24) is 13.9 Å². The smallest absolute Gasteiger partial charge is 0.267 e.